The van der Waals surface area contributed by atoms with Gasteiger partial charge in [-0.2, -0.15) is 0 Å². The van der Waals surface area contributed by atoms with Gasteiger partial charge in [-0.05, 0) is 51.6 Å². The molecule has 1 amide bonds. The van der Waals surface area contributed by atoms with E-state index in [1.54, 1.807) is 11.3 Å². The summed E-state index contributed by atoms with van der Waals surface area (Å²) in [6, 6.07) is 2.67. The lowest BCUT2D eigenvalue weighted by Crippen LogP contribution is -2.20. The quantitative estimate of drug-likeness (QED) is 0.735. The van der Waals surface area contributed by atoms with Crippen LogP contribution in [0.1, 0.15) is 50.3 Å². The van der Waals surface area contributed by atoms with Crippen LogP contribution < -0.4 is 10.6 Å². The molecule has 0 radical (unpaired) electrons. The number of carbonyl (C=O) groups is 1. The van der Waals surface area contributed by atoms with Gasteiger partial charge >= 0.3 is 0 Å². The molecule has 2 aromatic rings. The van der Waals surface area contributed by atoms with Gasteiger partial charge in [-0.15, -0.1) is 46.3 Å². The second-order valence-corrected chi connectivity index (χ2v) is 8.97. The van der Waals surface area contributed by atoms with Crippen LogP contribution in [0, 0.1) is 19.8 Å². The molecule has 4 rings (SSSR count). The first-order valence-electron chi connectivity index (χ1n) is 8.05. The van der Waals surface area contributed by atoms with E-state index >= 15 is 0 Å². The lowest BCUT2D eigenvalue weighted by molar-refractivity contribution is 0.102. The summed E-state index contributed by atoms with van der Waals surface area (Å²) < 4.78 is 0. The average molecular weight is 421 g/mol. The van der Waals surface area contributed by atoms with Crippen LogP contribution in [0.15, 0.2) is 6.07 Å². The minimum Gasteiger partial charge on any atom is -0.313 e. The van der Waals surface area contributed by atoms with Gasteiger partial charge in [-0.1, -0.05) is 11.3 Å². The van der Waals surface area contributed by atoms with Crippen molar-refractivity contribution in [2.45, 2.75) is 45.1 Å². The third-order valence-corrected chi connectivity index (χ3v) is 6.39. The smallest absolute Gasteiger partial charge is 0.258 e. The minimum atomic E-state index is -0.0794. The molecular formula is C16H22Cl2N4OS2. The SMILES string of the molecule is Cc1nnc(NC(=O)c2cc(C3CC3NCC3CC3)sc2C)s1.Cl.Cl. The van der Waals surface area contributed by atoms with Crippen molar-refractivity contribution in [2.24, 2.45) is 5.92 Å². The summed E-state index contributed by atoms with van der Waals surface area (Å²) in [6.45, 7) is 5.06. The van der Waals surface area contributed by atoms with Crippen molar-refractivity contribution in [2.75, 3.05) is 11.9 Å². The molecule has 2 N–H and O–H groups in total. The topological polar surface area (TPSA) is 66.9 Å². The van der Waals surface area contributed by atoms with Crippen molar-refractivity contribution >= 4 is 58.5 Å². The summed E-state index contributed by atoms with van der Waals surface area (Å²) >= 11 is 3.15. The van der Waals surface area contributed by atoms with Crippen molar-refractivity contribution < 1.29 is 4.79 Å². The summed E-state index contributed by atoms with van der Waals surface area (Å²) in [5.41, 5.74) is 0.769. The van der Waals surface area contributed by atoms with Crippen LogP contribution in [0.25, 0.3) is 0 Å². The van der Waals surface area contributed by atoms with Gasteiger partial charge in [0.1, 0.15) is 5.01 Å². The molecule has 0 saturated heterocycles. The van der Waals surface area contributed by atoms with Gasteiger partial charge in [0.2, 0.25) is 5.13 Å². The Hall–Kier alpha value is -0.730. The molecule has 2 aliphatic rings. The molecular weight excluding hydrogens is 399 g/mol. The molecule has 0 bridgehead atoms. The molecule has 25 heavy (non-hydrogen) atoms. The van der Waals surface area contributed by atoms with Crippen LogP contribution >= 0.6 is 47.5 Å². The fourth-order valence-corrected chi connectivity index (χ4v) is 4.59. The Morgan fingerprint density at radius 1 is 1.24 bits per heavy atom. The van der Waals surface area contributed by atoms with Crippen molar-refractivity contribution in [1.82, 2.24) is 15.5 Å². The Morgan fingerprint density at radius 2 is 2.00 bits per heavy atom. The molecule has 0 spiro atoms. The summed E-state index contributed by atoms with van der Waals surface area (Å²) in [6.07, 6.45) is 3.97. The van der Waals surface area contributed by atoms with Crippen molar-refractivity contribution in [3.05, 3.63) is 26.4 Å². The maximum Gasteiger partial charge on any atom is 0.258 e. The number of amides is 1. The molecule has 2 fully saturated rings. The zero-order valence-electron chi connectivity index (χ0n) is 14.1. The second kappa shape index (κ2) is 8.31. The summed E-state index contributed by atoms with van der Waals surface area (Å²) in [5, 5.41) is 15.8. The van der Waals surface area contributed by atoms with Gasteiger partial charge in [0.05, 0.1) is 5.56 Å². The highest BCUT2D eigenvalue weighted by Crippen LogP contribution is 2.45. The Balaban J connectivity index is 0.00000113. The number of hydrogen-bond donors (Lipinski definition) is 2. The fraction of sp³-hybridized carbons (Fsp3) is 0.562. The Morgan fingerprint density at radius 3 is 2.64 bits per heavy atom. The molecule has 0 aromatic carbocycles. The highest BCUT2D eigenvalue weighted by atomic mass is 35.5. The van der Waals surface area contributed by atoms with Gasteiger partial charge < -0.3 is 5.32 Å². The number of hydrogen-bond acceptors (Lipinski definition) is 6. The molecule has 2 saturated carbocycles. The molecule has 2 unspecified atom stereocenters. The van der Waals surface area contributed by atoms with Crippen LogP contribution in [-0.2, 0) is 0 Å². The lowest BCUT2D eigenvalue weighted by atomic mass is 10.2. The van der Waals surface area contributed by atoms with Gasteiger partial charge in [-0.3, -0.25) is 10.1 Å². The van der Waals surface area contributed by atoms with E-state index in [2.05, 4.69) is 26.9 Å². The van der Waals surface area contributed by atoms with E-state index in [1.165, 1.54) is 35.5 Å². The number of halogens is 2. The second-order valence-electron chi connectivity index (χ2n) is 6.50. The third-order valence-electron chi connectivity index (χ3n) is 4.45. The first-order valence-corrected chi connectivity index (χ1v) is 9.68. The molecule has 2 aromatic heterocycles. The standard InChI is InChI=1S/C16H20N4OS2.2ClH/c1-8-11(15(21)18-16-20-19-9(2)23-16)6-14(22-8)12-5-13(12)17-7-10-3-4-10;;/h6,10,12-13,17H,3-5,7H2,1-2H3,(H,18,20,21);2*1H. The van der Waals surface area contributed by atoms with Gasteiger partial charge in [0.15, 0.2) is 0 Å². The molecule has 2 aliphatic carbocycles. The number of thiophene rings is 1. The summed E-state index contributed by atoms with van der Waals surface area (Å²) in [5.74, 6) is 1.42. The van der Waals surface area contributed by atoms with E-state index in [9.17, 15) is 4.79 Å². The Labute approximate surface area is 167 Å². The van der Waals surface area contributed by atoms with E-state index in [0.29, 0.717) is 17.1 Å². The first kappa shape index (κ1) is 20.6. The van der Waals surface area contributed by atoms with E-state index in [1.807, 2.05) is 13.8 Å². The monoisotopic (exact) mass is 420 g/mol. The lowest BCUT2D eigenvalue weighted by Gasteiger charge is -2.00. The van der Waals surface area contributed by atoms with Crippen LogP contribution in [-0.4, -0.2) is 28.7 Å². The van der Waals surface area contributed by atoms with Gasteiger partial charge in [0, 0.05) is 21.7 Å². The van der Waals surface area contributed by atoms with E-state index in [-0.39, 0.29) is 30.7 Å². The van der Waals surface area contributed by atoms with Crippen LogP contribution in [0.3, 0.4) is 0 Å². The van der Waals surface area contributed by atoms with Crippen LogP contribution in [0.2, 0.25) is 0 Å². The number of aryl methyl sites for hydroxylation is 2. The van der Waals surface area contributed by atoms with Crippen molar-refractivity contribution in [3.63, 3.8) is 0 Å². The summed E-state index contributed by atoms with van der Waals surface area (Å²) in [4.78, 5) is 14.8. The van der Waals surface area contributed by atoms with Crippen LogP contribution in [0.5, 0.6) is 0 Å². The number of aromatic nitrogens is 2. The van der Waals surface area contributed by atoms with Crippen molar-refractivity contribution in [3.8, 4) is 0 Å². The van der Waals surface area contributed by atoms with E-state index in [4.69, 9.17) is 0 Å². The number of anilines is 1. The summed E-state index contributed by atoms with van der Waals surface area (Å²) in [7, 11) is 0. The predicted octanol–water partition coefficient (Wildman–Crippen LogP) is 4.17. The largest absolute Gasteiger partial charge is 0.313 e. The molecule has 5 nitrogen and oxygen atoms in total. The maximum atomic E-state index is 12.4. The number of rotatable bonds is 6. The highest BCUT2D eigenvalue weighted by molar-refractivity contribution is 7.15. The minimum absolute atomic E-state index is 0. The highest BCUT2D eigenvalue weighted by Gasteiger charge is 2.40. The van der Waals surface area contributed by atoms with Crippen molar-refractivity contribution in [1.29, 1.82) is 0 Å². The molecule has 2 atom stereocenters. The number of nitrogens with one attached hydrogen (secondary N) is 2. The zero-order chi connectivity index (χ0) is 16.0. The van der Waals surface area contributed by atoms with E-state index in [0.717, 1.165) is 27.9 Å². The first-order chi connectivity index (χ1) is 11.1. The average Bonchev–Trinajstić information content (AvgIpc) is 3.40. The third kappa shape index (κ3) is 4.92. The predicted molar refractivity (Wildman–Crippen MR) is 108 cm³/mol. The molecule has 9 heteroatoms. The fourth-order valence-electron chi connectivity index (χ4n) is 2.80. The Bertz CT molecular complexity index is 744. The number of carbonyl (C=O) groups excluding carboxylic acids is 1. The van der Waals surface area contributed by atoms with E-state index < -0.39 is 0 Å². The van der Waals surface area contributed by atoms with Gasteiger partial charge in [0.25, 0.3) is 5.91 Å². The zero-order valence-corrected chi connectivity index (χ0v) is 17.3. The molecule has 138 valence electrons. The Kier molecular flexibility index (Phi) is 6.84. The molecule has 0 aliphatic heterocycles. The molecule has 2 heterocycles. The normalized spacial score (nSPS) is 21.2. The van der Waals surface area contributed by atoms with Gasteiger partial charge in [-0.25, -0.2) is 0 Å². The maximum absolute atomic E-state index is 12.4. The number of nitrogens with zero attached hydrogens (tertiary/aromatic N) is 2. The van der Waals surface area contributed by atoms with Crippen LogP contribution in [0.4, 0.5) is 5.13 Å².